The summed E-state index contributed by atoms with van der Waals surface area (Å²) in [5.41, 5.74) is -0.219. The summed E-state index contributed by atoms with van der Waals surface area (Å²) in [5, 5.41) is 0. The highest BCUT2D eigenvalue weighted by Gasteiger charge is 2.44. The Bertz CT molecular complexity index is 612. The number of benzene rings is 2. The molecule has 2 aromatic carbocycles. The first-order chi connectivity index (χ1) is 11.1. The van der Waals surface area contributed by atoms with Crippen molar-refractivity contribution >= 4 is 11.9 Å². The van der Waals surface area contributed by atoms with Gasteiger partial charge in [-0.25, -0.2) is 9.59 Å². The van der Waals surface area contributed by atoms with Crippen LogP contribution < -0.4 is 0 Å². The van der Waals surface area contributed by atoms with Crippen molar-refractivity contribution in [3.63, 3.8) is 0 Å². The van der Waals surface area contributed by atoms with Crippen molar-refractivity contribution < 1.29 is 23.8 Å². The normalized spacial score (nSPS) is 10.9. The molecule has 0 N–H and O–H groups in total. The molecule has 2 rings (SSSR count). The zero-order valence-electron chi connectivity index (χ0n) is 13.0. The van der Waals surface area contributed by atoms with Gasteiger partial charge in [-0.05, 0) is 11.1 Å². The van der Waals surface area contributed by atoms with E-state index < -0.39 is 24.1 Å². The highest BCUT2D eigenvalue weighted by Crippen LogP contribution is 2.34. The van der Waals surface area contributed by atoms with Gasteiger partial charge in [-0.1, -0.05) is 60.7 Å². The molecule has 0 aromatic heterocycles. The van der Waals surface area contributed by atoms with Crippen LogP contribution in [0.3, 0.4) is 0 Å². The van der Waals surface area contributed by atoms with Gasteiger partial charge in [-0.3, -0.25) is 0 Å². The summed E-state index contributed by atoms with van der Waals surface area (Å²) >= 11 is 0. The van der Waals surface area contributed by atoms with Crippen LogP contribution in [0, 0.1) is 0 Å². The van der Waals surface area contributed by atoms with Crippen LogP contribution in [0.4, 0.5) is 0 Å². The van der Waals surface area contributed by atoms with Crippen molar-refractivity contribution in [2.45, 2.75) is 5.60 Å². The number of rotatable bonds is 6. The fourth-order valence-electron chi connectivity index (χ4n) is 2.35. The zero-order chi connectivity index (χ0) is 16.7. The van der Waals surface area contributed by atoms with Crippen LogP contribution in [0.5, 0.6) is 0 Å². The van der Waals surface area contributed by atoms with Crippen LogP contribution in [0.15, 0.2) is 60.7 Å². The number of carbonyl (C=O) groups excluding carboxylic acids is 2. The third-order valence-corrected chi connectivity index (χ3v) is 3.50. The van der Waals surface area contributed by atoms with Gasteiger partial charge in [0.05, 0.1) is 7.11 Å². The second-order valence-corrected chi connectivity index (χ2v) is 4.77. The molecule has 0 saturated heterocycles. The van der Waals surface area contributed by atoms with Gasteiger partial charge < -0.3 is 14.2 Å². The molecule has 120 valence electrons. The van der Waals surface area contributed by atoms with E-state index in [2.05, 4.69) is 4.74 Å². The van der Waals surface area contributed by atoms with Gasteiger partial charge in [0, 0.05) is 7.11 Å². The highest BCUT2D eigenvalue weighted by molar-refractivity contribution is 5.87. The first-order valence-electron chi connectivity index (χ1n) is 7.05. The fraction of sp³-hybridized carbons (Fsp3) is 0.222. The minimum atomic E-state index is -1.45. The van der Waals surface area contributed by atoms with E-state index in [1.165, 1.54) is 14.2 Å². The lowest BCUT2D eigenvalue weighted by molar-refractivity contribution is -0.171. The molecule has 0 saturated carbocycles. The van der Waals surface area contributed by atoms with Crippen molar-refractivity contribution in [2.75, 3.05) is 20.8 Å². The van der Waals surface area contributed by atoms with Gasteiger partial charge in [0.25, 0.3) is 0 Å². The highest BCUT2D eigenvalue weighted by atomic mass is 16.6. The topological polar surface area (TPSA) is 61.8 Å². The lowest BCUT2D eigenvalue weighted by atomic mass is 9.86. The Morgan fingerprint density at radius 1 is 0.870 bits per heavy atom. The van der Waals surface area contributed by atoms with Gasteiger partial charge in [-0.15, -0.1) is 0 Å². The molecule has 0 aliphatic carbocycles. The maximum atomic E-state index is 12.8. The van der Waals surface area contributed by atoms with E-state index in [9.17, 15) is 9.59 Å². The lowest BCUT2D eigenvalue weighted by Crippen LogP contribution is -2.41. The van der Waals surface area contributed by atoms with Crippen LogP contribution in [-0.2, 0) is 29.4 Å². The molecular formula is C18H18O5. The number of ether oxygens (including phenoxy) is 3. The van der Waals surface area contributed by atoms with Crippen LogP contribution >= 0.6 is 0 Å². The SMILES string of the molecule is COC(=O)COC(=O)C(OC)(c1ccccc1)c1ccccc1. The van der Waals surface area contributed by atoms with Crippen molar-refractivity contribution in [3.8, 4) is 0 Å². The van der Waals surface area contributed by atoms with E-state index in [0.717, 1.165) is 0 Å². The molecule has 5 nitrogen and oxygen atoms in total. The molecule has 0 fully saturated rings. The molecule has 2 aromatic rings. The summed E-state index contributed by atoms with van der Waals surface area (Å²) in [6, 6.07) is 18.0. The number of hydrogen-bond acceptors (Lipinski definition) is 5. The van der Waals surface area contributed by atoms with Crippen LogP contribution in [0.25, 0.3) is 0 Å². The third kappa shape index (κ3) is 3.40. The van der Waals surface area contributed by atoms with E-state index in [1.807, 2.05) is 12.1 Å². The molecule has 0 amide bonds. The van der Waals surface area contributed by atoms with Gasteiger partial charge in [0.1, 0.15) is 0 Å². The molecule has 5 heteroatoms. The maximum absolute atomic E-state index is 12.8. The molecule has 0 radical (unpaired) electrons. The Balaban J connectivity index is 2.46. The number of esters is 2. The van der Waals surface area contributed by atoms with Gasteiger partial charge >= 0.3 is 11.9 Å². The molecule has 0 unspecified atom stereocenters. The molecule has 0 aliphatic rings. The van der Waals surface area contributed by atoms with Crippen molar-refractivity contribution in [1.82, 2.24) is 0 Å². The Morgan fingerprint density at radius 3 is 1.74 bits per heavy atom. The zero-order valence-corrected chi connectivity index (χ0v) is 13.0. The Morgan fingerprint density at radius 2 is 1.35 bits per heavy atom. The molecule has 0 spiro atoms. The fourth-order valence-corrected chi connectivity index (χ4v) is 2.35. The summed E-state index contributed by atoms with van der Waals surface area (Å²) in [7, 11) is 2.66. The Labute approximate surface area is 134 Å². The Kier molecular flexibility index (Phi) is 5.49. The monoisotopic (exact) mass is 314 g/mol. The molecule has 23 heavy (non-hydrogen) atoms. The predicted molar refractivity (Wildman–Crippen MR) is 83.6 cm³/mol. The second kappa shape index (κ2) is 7.56. The summed E-state index contributed by atoms with van der Waals surface area (Å²) in [5.74, 6) is -1.31. The van der Waals surface area contributed by atoms with Gasteiger partial charge in [-0.2, -0.15) is 0 Å². The number of methoxy groups -OCH3 is 2. The summed E-state index contributed by atoms with van der Waals surface area (Å²) in [6.07, 6.45) is 0. The largest absolute Gasteiger partial charge is 0.466 e. The first-order valence-corrected chi connectivity index (χ1v) is 7.05. The predicted octanol–water partition coefficient (Wildman–Crippen LogP) is 2.29. The Hall–Kier alpha value is -2.66. The second-order valence-electron chi connectivity index (χ2n) is 4.77. The average Bonchev–Trinajstić information content (AvgIpc) is 2.62. The average molecular weight is 314 g/mol. The quantitative estimate of drug-likeness (QED) is 0.766. The summed E-state index contributed by atoms with van der Waals surface area (Å²) in [4.78, 5) is 24.0. The van der Waals surface area contributed by atoms with Crippen LogP contribution in [-0.4, -0.2) is 32.8 Å². The first kappa shape index (κ1) is 16.7. The summed E-state index contributed by atoms with van der Waals surface area (Å²) in [6.45, 7) is -0.472. The van der Waals surface area contributed by atoms with E-state index in [-0.39, 0.29) is 0 Å². The molecular weight excluding hydrogens is 296 g/mol. The van der Waals surface area contributed by atoms with Crippen molar-refractivity contribution in [2.24, 2.45) is 0 Å². The molecule has 0 aliphatic heterocycles. The third-order valence-electron chi connectivity index (χ3n) is 3.50. The molecule has 0 atom stereocenters. The minimum Gasteiger partial charge on any atom is -0.466 e. The van der Waals surface area contributed by atoms with Crippen molar-refractivity contribution in [1.29, 1.82) is 0 Å². The summed E-state index contributed by atoms with van der Waals surface area (Å²) < 4.78 is 15.2. The smallest absolute Gasteiger partial charge is 0.348 e. The van der Waals surface area contributed by atoms with Gasteiger partial charge in [0.15, 0.2) is 6.61 Å². The minimum absolute atomic E-state index is 0.472. The van der Waals surface area contributed by atoms with Crippen molar-refractivity contribution in [3.05, 3.63) is 71.8 Å². The van der Waals surface area contributed by atoms with E-state index >= 15 is 0 Å². The molecule has 0 bridgehead atoms. The van der Waals surface area contributed by atoms with E-state index in [4.69, 9.17) is 9.47 Å². The van der Waals surface area contributed by atoms with Crippen LogP contribution in [0.2, 0.25) is 0 Å². The standard InChI is InChI=1S/C18H18O5/c1-21-16(19)13-23-17(20)18(22-2,14-9-5-3-6-10-14)15-11-7-4-8-12-15/h3-12H,13H2,1-2H3. The van der Waals surface area contributed by atoms with Gasteiger partial charge in [0.2, 0.25) is 5.60 Å². The van der Waals surface area contributed by atoms with E-state index in [1.54, 1.807) is 48.5 Å². The lowest BCUT2D eigenvalue weighted by Gasteiger charge is -2.31. The molecule has 0 heterocycles. The number of hydrogen-bond donors (Lipinski definition) is 0. The maximum Gasteiger partial charge on any atom is 0.348 e. The number of carbonyl (C=O) groups is 2. The van der Waals surface area contributed by atoms with Crippen LogP contribution in [0.1, 0.15) is 11.1 Å². The van der Waals surface area contributed by atoms with E-state index in [0.29, 0.717) is 11.1 Å².